The summed E-state index contributed by atoms with van der Waals surface area (Å²) in [6.07, 6.45) is 5.50. The SMILES string of the molecule is [2H]C([2H])([2H])c1cc(-c2[c-]ccc3c2oc2nc(C)ccc23)ncc1C([2H])(C)C([2H])([2H])[2H].[2H]C([2H])([2H])c1cnc(-c2[c-]ccc3c2oc2nc(C)ccc23)cc1C([2H])(C)C([2H])([2H])[2H].[2H]C([2H])([2H])c1cnc(-c2[c-]cccc2)cc1C.[Ir].[Ir].[c-]1ccccc1-c1ccccn1. The van der Waals surface area contributed by atoms with Crippen LogP contribution in [0.3, 0.4) is 0 Å². The van der Waals surface area contributed by atoms with Crippen LogP contribution in [0.1, 0.15) is 107 Å². The van der Waals surface area contributed by atoms with Crippen LogP contribution in [-0.2, 0) is 40.2 Å². The van der Waals surface area contributed by atoms with E-state index in [0.717, 1.165) is 73.4 Å². The molecule has 0 saturated heterocycles. The molecule has 2 radical (unpaired) electrons. The van der Waals surface area contributed by atoms with Gasteiger partial charge in [0.2, 0.25) is 11.4 Å². The molecular weight excluding hydrogens is 1290 g/mol. The van der Waals surface area contributed by atoms with E-state index in [1.807, 2.05) is 117 Å². The maximum Gasteiger partial charge on any atom is 0.216 e. The Morgan fingerprint density at radius 2 is 0.987 bits per heavy atom. The third kappa shape index (κ3) is 12.8. The van der Waals surface area contributed by atoms with Gasteiger partial charge in [-0.1, -0.05) is 90.9 Å². The first-order valence-corrected chi connectivity index (χ1v) is 23.3. The van der Waals surface area contributed by atoms with E-state index < -0.39 is 46.0 Å². The van der Waals surface area contributed by atoms with Crippen molar-refractivity contribution in [3.05, 3.63) is 227 Å². The Morgan fingerprint density at radius 3 is 1.53 bits per heavy atom. The number of aromatic nitrogens is 6. The van der Waals surface area contributed by atoms with Gasteiger partial charge in [0.25, 0.3) is 0 Å². The monoisotopic (exact) mass is 1370 g/mol. The Labute approximate surface area is 497 Å². The summed E-state index contributed by atoms with van der Waals surface area (Å²) in [5.41, 5.74) is 8.66. The minimum atomic E-state index is -2.75. The van der Waals surface area contributed by atoms with Gasteiger partial charge in [-0.05, 0) is 128 Å². The van der Waals surface area contributed by atoms with Crippen molar-refractivity contribution in [3.63, 3.8) is 0 Å². The summed E-state index contributed by atoms with van der Waals surface area (Å²) < 4.78 is 144. The zero-order valence-corrected chi connectivity index (χ0v) is 46.5. The van der Waals surface area contributed by atoms with Crippen LogP contribution in [0.25, 0.3) is 89.2 Å². The molecule has 0 aliphatic rings. The summed E-state index contributed by atoms with van der Waals surface area (Å²) in [6.45, 7) is -4.99. The van der Waals surface area contributed by atoms with Gasteiger partial charge in [-0.3, -0.25) is 0 Å². The molecule has 2 unspecified atom stereocenters. The third-order valence-electron chi connectivity index (χ3n) is 11.7. The Hall–Kier alpha value is -7.32. The fourth-order valence-corrected chi connectivity index (χ4v) is 7.93. The number of furan rings is 2. The third-order valence-corrected chi connectivity index (χ3v) is 11.7. The number of benzene rings is 4. The molecule has 0 saturated carbocycles. The number of nitrogens with zero attached hydrogens (tertiary/aromatic N) is 6. The van der Waals surface area contributed by atoms with Gasteiger partial charge in [-0.2, -0.15) is 0 Å². The van der Waals surface area contributed by atoms with E-state index in [9.17, 15) is 0 Å². The molecule has 8 nitrogen and oxygen atoms in total. The number of aryl methyl sites for hydroxylation is 6. The minimum Gasteiger partial charge on any atom is -0.486 e. The quantitative estimate of drug-likeness (QED) is 0.152. The maximum atomic E-state index is 8.49. The first kappa shape index (κ1) is 37.4. The molecular formula is C66H58Ir2N6O2-4. The number of hydrogen-bond donors (Lipinski definition) is 0. The first-order valence-electron chi connectivity index (χ1n) is 31.8. The van der Waals surface area contributed by atoms with Crippen LogP contribution in [0.5, 0.6) is 0 Å². The maximum absolute atomic E-state index is 8.49. The van der Waals surface area contributed by atoms with E-state index >= 15 is 0 Å². The summed E-state index contributed by atoms with van der Waals surface area (Å²) in [5.74, 6) is -4.30. The van der Waals surface area contributed by atoms with Crippen molar-refractivity contribution < 1.29 is 72.3 Å². The van der Waals surface area contributed by atoms with Crippen LogP contribution >= 0.6 is 0 Å². The molecule has 76 heavy (non-hydrogen) atoms. The van der Waals surface area contributed by atoms with Crippen molar-refractivity contribution >= 4 is 44.1 Å². The first-order chi connectivity index (χ1) is 42.6. The number of pyridine rings is 6. The van der Waals surface area contributed by atoms with Crippen molar-refractivity contribution in [3.8, 4) is 45.0 Å². The molecule has 0 amide bonds. The molecule has 12 rings (SSSR count). The van der Waals surface area contributed by atoms with E-state index in [0.29, 0.717) is 39.3 Å². The van der Waals surface area contributed by atoms with E-state index in [2.05, 4.69) is 54.2 Å². The van der Waals surface area contributed by atoms with Crippen LogP contribution in [0, 0.1) is 65.6 Å². The molecule has 0 aliphatic heterocycles. The Balaban J connectivity index is 0.000000185. The van der Waals surface area contributed by atoms with Gasteiger partial charge in [0.1, 0.15) is 0 Å². The number of fused-ring (bicyclic) bond motifs is 6. The Kier molecular flexibility index (Phi) is 12.5. The van der Waals surface area contributed by atoms with Crippen molar-refractivity contribution in [2.75, 3.05) is 0 Å². The van der Waals surface area contributed by atoms with Crippen molar-refractivity contribution in [2.45, 2.75) is 80.7 Å². The summed E-state index contributed by atoms with van der Waals surface area (Å²) in [4.78, 5) is 25.8. The zero-order chi connectivity index (χ0) is 66.2. The molecule has 8 heterocycles. The molecule has 386 valence electrons. The molecule has 8 aromatic heterocycles. The molecule has 0 fully saturated rings. The van der Waals surface area contributed by atoms with Gasteiger partial charge < -0.3 is 28.8 Å². The molecule has 10 heteroatoms. The topological polar surface area (TPSA) is 104 Å². The average molecular weight is 1370 g/mol. The summed E-state index contributed by atoms with van der Waals surface area (Å²) >= 11 is 0. The van der Waals surface area contributed by atoms with E-state index in [4.69, 9.17) is 32.1 Å². The summed E-state index contributed by atoms with van der Waals surface area (Å²) in [7, 11) is 0. The standard InChI is InChI=1S/2C21H19N2O.C13H12N.C11H8N.2Ir/c1-12(2)18-10-19(22-11-13(18)3)17-7-5-6-15-16-9-8-14(4)23-21(16)24-20(15)17;1-12(2)18-11-22-19(10-13(18)3)17-7-5-6-15-16-9-8-14(4)23-21(16)24-20(15)17;1-10-8-13(14-9-11(10)2)12-6-4-3-5-7-12;1-2-6-10(7-3-1)11-8-4-5-9-12-11;;/h2*5-6,8-12H,1-4H3;3-6,8-9H,1-2H3;1-6,8-9H;;/q4*-1;;/i2*1D3,3D3,12D;2D3;;;. The molecule has 4 aromatic carbocycles. The predicted octanol–water partition coefficient (Wildman–Crippen LogP) is 16.9. The van der Waals surface area contributed by atoms with Crippen molar-refractivity contribution in [1.82, 2.24) is 29.9 Å². The van der Waals surface area contributed by atoms with Crippen molar-refractivity contribution in [1.29, 1.82) is 0 Å². The van der Waals surface area contributed by atoms with Crippen molar-refractivity contribution in [2.24, 2.45) is 0 Å². The van der Waals surface area contributed by atoms with Gasteiger partial charge >= 0.3 is 0 Å². The largest absolute Gasteiger partial charge is 0.486 e. The molecule has 12 aromatic rings. The Bertz CT molecular complexity index is 4540. The average Bonchev–Trinajstić information content (AvgIpc) is 1.73. The van der Waals surface area contributed by atoms with Gasteiger partial charge in [-0.25, -0.2) is 9.97 Å². The van der Waals surface area contributed by atoms with Crippen LogP contribution in [0.4, 0.5) is 0 Å². The van der Waals surface area contributed by atoms with Gasteiger partial charge in [0.05, 0.1) is 11.2 Å². The van der Waals surface area contributed by atoms with Gasteiger partial charge in [0, 0.05) is 110 Å². The molecule has 0 bridgehead atoms. The zero-order valence-electron chi connectivity index (χ0n) is 58.7. The second-order valence-corrected chi connectivity index (χ2v) is 17.1. The van der Waals surface area contributed by atoms with E-state index in [-0.39, 0.29) is 73.9 Å². The fraction of sp³-hybridized carbons (Fsp3) is 0.182. The normalized spacial score (nSPS) is 16.5. The fourth-order valence-electron chi connectivity index (χ4n) is 7.93. The van der Waals surface area contributed by atoms with E-state index in [1.54, 1.807) is 31.3 Å². The number of rotatable bonds is 6. The molecule has 0 aliphatic carbocycles. The van der Waals surface area contributed by atoms with Crippen LogP contribution in [0.2, 0.25) is 0 Å². The predicted molar refractivity (Wildman–Crippen MR) is 301 cm³/mol. The second-order valence-electron chi connectivity index (χ2n) is 17.1. The molecule has 2 atom stereocenters. The second kappa shape index (κ2) is 25.5. The summed E-state index contributed by atoms with van der Waals surface area (Å²) in [6, 6.07) is 52.5. The van der Waals surface area contributed by atoms with Crippen LogP contribution in [0.15, 0.2) is 167 Å². The minimum absolute atomic E-state index is 0. The van der Waals surface area contributed by atoms with Crippen LogP contribution < -0.4 is 0 Å². The summed E-state index contributed by atoms with van der Waals surface area (Å²) in [5, 5.41) is 3.18. The van der Waals surface area contributed by atoms with Gasteiger partial charge in [0.15, 0.2) is 0 Å². The Morgan fingerprint density at radius 1 is 0.461 bits per heavy atom. The smallest absolute Gasteiger partial charge is 0.216 e. The molecule has 0 spiro atoms. The molecule has 0 N–H and O–H groups in total. The number of hydrogen-bond acceptors (Lipinski definition) is 8. The van der Waals surface area contributed by atoms with Crippen LogP contribution in [-0.4, -0.2) is 29.9 Å². The van der Waals surface area contributed by atoms with E-state index in [1.165, 1.54) is 32.2 Å². The van der Waals surface area contributed by atoms with Gasteiger partial charge in [-0.15, -0.1) is 108 Å².